The fraction of sp³-hybridized carbons (Fsp3) is 0.250. The Kier molecular flexibility index (Phi) is 5.50. The Morgan fingerprint density at radius 3 is 3.05 bits per heavy atom. The molecule has 5 heteroatoms. The molecule has 0 spiro atoms. The van der Waals surface area contributed by atoms with Crippen molar-refractivity contribution in [2.45, 2.75) is 13.3 Å². The first-order valence-electron chi connectivity index (χ1n) is 6.57. The lowest BCUT2D eigenvalue weighted by Crippen LogP contribution is -2.25. The first-order chi connectivity index (χ1) is 10.2. The number of aliphatic hydroxyl groups excluding tert-OH is 1. The minimum atomic E-state index is -0.191. The molecule has 108 valence electrons. The molecule has 1 amide bonds. The smallest absolute Gasteiger partial charge is 0.251 e. The van der Waals surface area contributed by atoms with Crippen LogP contribution in [0.1, 0.15) is 26.5 Å². The van der Waals surface area contributed by atoms with Crippen LogP contribution in [-0.2, 0) is 6.42 Å². The van der Waals surface area contributed by atoms with Gasteiger partial charge in [-0.15, -0.1) is 11.3 Å². The van der Waals surface area contributed by atoms with Crippen LogP contribution in [0.3, 0.4) is 0 Å². The van der Waals surface area contributed by atoms with Crippen molar-refractivity contribution in [3.63, 3.8) is 0 Å². The first-order valence-corrected chi connectivity index (χ1v) is 7.45. The highest BCUT2D eigenvalue weighted by atomic mass is 32.1. The molecular formula is C16H16N2O2S. The highest BCUT2D eigenvalue weighted by molar-refractivity contribution is 7.09. The van der Waals surface area contributed by atoms with Crippen LogP contribution in [0.2, 0.25) is 0 Å². The van der Waals surface area contributed by atoms with E-state index in [1.54, 1.807) is 29.7 Å². The van der Waals surface area contributed by atoms with E-state index in [1.807, 2.05) is 18.4 Å². The van der Waals surface area contributed by atoms with Crippen LogP contribution in [0, 0.1) is 18.8 Å². The SMILES string of the molecule is Cc1ccc(C(=O)NCCc2nccs2)cc1C#CCO. The molecule has 0 radical (unpaired) electrons. The molecule has 0 aliphatic heterocycles. The predicted molar refractivity (Wildman–Crippen MR) is 83.3 cm³/mol. The lowest BCUT2D eigenvalue weighted by molar-refractivity contribution is 0.0954. The van der Waals surface area contributed by atoms with Crippen LogP contribution in [0.5, 0.6) is 0 Å². The zero-order valence-electron chi connectivity index (χ0n) is 11.7. The van der Waals surface area contributed by atoms with Gasteiger partial charge in [0.2, 0.25) is 0 Å². The number of hydrogen-bond acceptors (Lipinski definition) is 4. The molecule has 2 rings (SSSR count). The highest BCUT2D eigenvalue weighted by Crippen LogP contribution is 2.10. The molecule has 21 heavy (non-hydrogen) atoms. The maximum atomic E-state index is 12.1. The molecule has 1 heterocycles. The summed E-state index contributed by atoms with van der Waals surface area (Å²) in [5.41, 5.74) is 2.31. The molecule has 0 bridgehead atoms. The average molecular weight is 300 g/mol. The van der Waals surface area contributed by atoms with Gasteiger partial charge in [-0.2, -0.15) is 0 Å². The number of benzene rings is 1. The van der Waals surface area contributed by atoms with Gasteiger partial charge in [0.1, 0.15) is 6.61 Å². The number of carbonyl (C=O) groups excluding carboxylic acids is 1. The van der Waals surface area contributed by atoms with Crippen LogP contribution < -0.4 is 5.32 Å². The summed E-state index contributed by atoms with van der Waals surface area (Å²) in [6.45, 7) is 2.28. The summed E-state index contributed by atoms with van der Waals surface area (Å²) in [4.78, 5) is 16.3. The number of carbonyl (C=O) groups is 1. The number of nitrogens with one attached hydrogen (secondary N) is 1. The minimum absolute atomic E-state index is 0.126. The van der Waals surface area contributed by atoms with Crippen molar-refractivity contribution in [2.75, 3.05) is 13.2 Å². The van der Waals surface area contributed by atoms with Gasteiger partial charge in [-0.1, -0.05) is 17.9 Å². The molecule has 0 atom stereocenters. The third kappa shape index (κ3) is 4.42. The lowest BCUT2D eigenvalue weighted by atomic mass is 10.0. The molecule has 2 N–H and O–H groups in total. The van der Waals surface area contributed by atoms with Gasteiger partial charge < -0.3 is 10.4 Å². The van der Waals surface area contributed by atoms with E-state index in [0.29, 0.717) is 12.1 Å². The molecule has 0 unspecified atom stereocenters. The second-order valence-electron chi connectivity index (χ2n) is 4.42. The zero-order chi connectivity index (χ0) is 15.1. The van der Waals surface area contributed by atoms with E-state index in [-0.39, 0.29) is 12.5 Å². The third-order valence-electron chi connectivity index (χ3n) is 2.91. The Morgan fingerprint density at radius 2 is 2.33 bits per heavy atom. The van der Waals surface area contributed by atoms with E-state index in [2.05, 4.69) is 22.1 Å². The molecule has 0 fully saturated rings. The summed E-state index contributed by atoms with van der Waals surface area (Å²) in [5, 5.41) is 14.5. The quantitative estimate of drug-likeness (QED) is 0.846. The van der Waals surface area contributed by atoms with Crippen molar-refractivity contribution in [1.82, 2.24) is 10.3 Å². The normalized spacial score (nSPS) is 9.81. The van der Waals surface area contributed by atoms with E-state index in [1.165, 1.54) is 0 Å². The third-order valence-corrected chi connectivity index (χ3v) is 3.75. The number of hydrogen-bond donors (Lipinski definition) is 2. The predicted octanol–water partition coefficient (Wildman–Crippen LogP) is 1.77. The number of amides is 1. The largest absolute Gasteiger partial charge is 0.384 e. The van der Waals surface area contributed by atoms with Gasteiger partial charge in [-0.3, -0.25) is 4.79 Å². The first kappa shape index (κ1) is 15.2. The van der Waals surface area contributed by atoms with Crippen LogP contribution >= 0.6 is 11.3 Å². The van der Waals surface area contributed by atoms with Crippen molar-refractivity contribution in [3.05, 3.63) is 51.5 Å². The Hall–Kier alpha value is -2.16. The summed E-state index contributed by atoms with van der Waals surface area (Å²) in [6, 6.07) is 5.38. The Balaban J connectivity index is 1.98. The average Bonchev–Trinajstić information content (AvgIpc) is 2.99. The maximum absolute atomic E-state index is 12.1. The second-order valence-corrected chi connectivity index (χ2v) is 5.40. The molecular weight excluding hydrogens is 284 g/mol. The number of aromatic nitrogens is 1. The zero-order valence-corrected chi connectivity index (χ0v) is 12.5. The van der Waals surface area contributed by atoms with Gasteiger partial charge in [-0.05, 0) is 24.6 Å². The van der Waals surface area contributed by atoms with Crippen molar-refractivity contribution >= 4 is 17.2 Å². The fourth-order valence-electron chi connectivity index (χ4n) is 1.79. The highest BCUT2D eigenvalue weighted by Gasteiger charge is 2.07. The number of nitrogens with zero attached hydrogens (tertiary/aromatic N) is 1. The summed E-state index contributed by atoms with van der Waals surface area (Å²) in [5.74, 6) is 5.32. The van der Waals surface area contributed by atoms with Crippen LogP contribution in [0.4, 0.5) is 0 Å². The summed E-state index contributed by atoms with van der Waals surface area (Å²) >= 11 is 1.58. The number of aliphatic hydroxyl groups is 1. The number of aryl methyl sites for hydroxylation is 1. The minimum Gasteiger partial charge on any atom is -0.384 e. The Bertz CT molecular complexity index is 669. The molecule has 0 saturated heterocycles. The van der Waals surface area contributed by atoms with Crippen LogP contribution in [0.25, 0.3) is 0 Å². The summed E-state index contributed by atoms with van der Waals surface area (Å²) in [6.07, 6.45) is 2.49. The number of thiazole rings is 1. The van der Waals surface area contributed by atoms with Crippen LogP contribution in [0.15, 0.2) is 29.8 Å². The number of rotatable bonds is 4. The summed E-state index contributed by atoms with van der Waals surface area (Å²) in [7, 11) is 0. The molecule has 0 aliphatic carbocycles. The Morgan fingerprint density at radius 1 is 1.48 bits per heavy atom. The van der Waals surface area contributed by atoms with E-state index >= 15 is 0 Å². The standard InChI is InChI=1S/C16H16N2O2S/c1-12-4-5-14(11-13(12)3-2-9-19)16(20)18-7-6-15-17-8-10-21-15/h4-5,8,10-11,19H,6-7,9H2,1H3,(H,18,20). The lowest BCUT2D eigenvalue weighted by Gasteiger charge is -2.06. The monoisotopic (exact) mass is 300 g/mol. The summed E-state index contributed by atoms with van der Waals surface area (Å²) < 4.78 is 0. The molecule has 4 nitrogen and oxygen atoms in total. The van der Waals surface area contributed by atoms with Crippen molar-refractivity contribution in [1.29, 1.82) is 0 Å². The van der Waals surface area contributed by atoms with Crippen LogP contribution in [-0.4, -0.2) is 29.1 Å². The van der Waals surface area contributed by atoms with Gasteiger partial charge in [0, 0.05) is 35.7 Å². The topological polar surface area (TPSA) is 62.2 Å². The van der Waals surface area contributed by atoms with Crippen molar-refractivity contribution in [3.8, 4) is 11.8 Å². The molecule has 1 aromatic carbocycles. The van der Waals surface area contributed by atoms with E-state index in [4.69, 9.17) is 5.11 Å². The van der Waals surface area contributed by atoms with Gasteiger partial charge in [0.25, 0.3) is 5.91 Å². The molecule has 0 aliphatic rings. The molecule has 2 aromatic rings. The van der Waals surface area contributed by atoms with Crippen molar-refractivity contribution < 1.29 is 9.90 Å². The molecule has 1 aromatic heterocycles. The molecule has 0 saturated carbocycles. The Labute approximate surface area is 127 Å². The maximum Gasteiger partial charge on any atom is 0.251 e. The van der Waals surface area contributed by atoms with Crippen molar-refractivity contribution in [2.24, 2.45) is 0 Å². The van der Waals surface area contributed by atoms with E-state index in [9.17, 15) is 4.79 Å². The van der Waals surface area contributed by atoms with E-state index < -0.39 is 0 Å². The van der Waals surface area contributed by atoms with Gasteiger partial charge in [0.15, 0.2) is 0 Å². The van der Waals surface area contributed by atoms with E-state index in [0.717, 1.165) is 22.6 Å². The van der Waals surface area contributed by atoms with Gasteiger partial charge in [-0.25, -0.2) is 4.98 Å². The fourth-order valence-corrected chi connectivity index (χ4v) is 2.41. The van der Waals surface area contributed by atoms with Gasteiger partial charge >= 0.3 is 0 Å². The second kappa shape index (κ2) is 7.58. The van der Waals surface area contributed by atoms with Gasteiger partial charge in [0.05, 0.1) is 5.01 Å².